The molecule has 0 aliphatic heterocycles. The first kappa shape index (κ1) is 17.5. The highest BCUT2D eigenvalue weighted by Crippen LogP contribution is 2.12. The van der Waals surface area contributed by atoms with Crippen molar-refractivity contribution in [3.05, 3.63) is 64.4 Å². The summed E-state index contributed by atoms with van der Waals surface area (Å²) in [6.07, 6.45) is 0. The molecular weight excluding hydrogens is 328 g/mol. The zero-order chi connectivity index (χ0) is 16.2. The van der Waals surface area contributed by atoms with Crippen molar-refractivity contribution in [1.82, 2.24) is 9.97 Å². The van der Waals surface area contributed by atoms with Crippen LogP contribution in [0.25, 0.3) is 11.0 Å². The fourth-order valence-electron chi connectivity index (χ4n) is 2.14. The van der Waals surface area contributed by atoms with Crippen molar-refractivity contribution >= 4 is 22.6 Å². The third-order valence-corrected chi connectivity index (χ3v) is 3.44. The molecule has 0 atom stereocenters. The summed E-state index contributed by atoms with van der Waals surface area (Å²) in [5.41, 5.74) is 5.48. The van der Waals surface area contributed by atoms with Crippen molar-refractivity contribution in [2.45, 2.75) is 6.92 Å². The Morgan fingerprint density at radius 3 is 2.58 bits per heavy atom. The maximum absolute atomic E-state index is 12.0. The monoisotopic (exact) mass is 343 g/mol. The average Bonchev–Trinajstić information content (AvgIpc) is 2.59. The van der Waals surface area contributed by atoms with Crippen molar-refractivity contribution in [3.8, 4) is 5.75 Å². The van der Waals surface area contributed by atoms with Gasteiger partial charge in [0.25, 0.3) is 5.56 Å². The van der Waals surface area contributed by atoms with Gasteiger partial charge in [-0.1, -0.05) is 12.1 Å². The minimum Gasteiger partial charge on any atom is -1.00 e. The van der Waals surface area contributed by atoms with Gasteiger partial charge in [-0.15, -0.1) is 0 Å². The molecule has 3 aromatic rings. The maximum atomic E-state index is 12.0. The molecule has 2 aromatic carbocycles. The van der Waals surface area contributed by atoms with Gasteiger partial charge in [0.1, 0.15) is 5.75 Å². The van der Waals surface area contributed by atoms with E-state index in [1.165, 1.54) is 0 Å². The quantitative estimate of drug-likeness (QED) is 0.507. The van der Waals surface area contributed by atoms with Crippen LogP contribution in [0.15, 0.2) is 58.4 Å². The number of rotatable bonds is 4. The lowest BCUT2D eigenvalue weighted by molar-refractivity contribution is -0.00000517. The van der Waals surface area contributed by atoms with E-state index in [4.69, 9.17) is 4.74 Å². The zero-order valence-corrected chi connectivity index (χ0v) is 14.0. The smallest absolute Gasteiger partial charge is 0.293 e. The molecule has 0 amide bonds. The number of benzene rings is 2. The number of aromatic nitrogens is 2. The van der Waals surface area contributed by atoms with Crippen molar-refractivity contribution in [1.29, 1.82) is 0 Å². The van der Waals surface area contributed by atoms with Gasteiger partial charge in [0.2, 0.25) is 5.82 Å². The van der Waals surface area contributed by atoms with Crippen LogP contribution in [0.5, 0.6) is 5.75 Å². The second-order valence-corrected chi connectivity index (χ2v) is 4.97. The first-order valence-corrected chi connectivity index (χ1v) is 7.11. The molecule has 7 heteroatoms. The molecule has 0 saturated carbocycles. The fraction of sp³-hybridized carbons (Fsp3) is 0.118. The lowest BCUT2D eigenvalue weighted by atomic mass is 10.1. The number of methoxy groups -OCH3 is 1. The molecule has 0 saturated heterocycles. The number of nitrogens with zero attached hydrogens (tertiary/aromatic N) is 2. The summed E-state index contributed by atoms with van der Waals surface area (Å²) in [4.78, 5) is 19.1. The van der Waals surface area contributed by atoms with Gasteiger partial charge in [-0.2, -0.15) is 5.10 Å². The van der Waals surface area contributed by atoms with Gasteiger partial charge >= 0.3 is 0 Å². The standard InChI is InChI=1S/C17H16N4O2.ClH/c1-11(12-7-9-13(23-2)10-8-12)20-21-16-17(22)19-15-6-4-3-5-14(15)18-16;/h3-10H,1-2H3,(H,18,21)(H,19,22);1H/p-1/b20-11+;. The Balaban J connectivity index is 0.00000208. The second-order valence-electron chi connectivity index (χ2n) is 4.97. The molecule has 0 bridgehead atoms. The summed E-state index contributed by atoms with van der Waals surface area (Å²) in [5.74, 6) is 0.943. The molecule has 0 aliphatic carbocycles. The highest BCUT2D eigenvalue weighted by molar-refractivity contribution is 5.99. The lowest BCUT2D eigenvalue weighted by Crippen LogP contribution is -3.00. The van der Waals surface area contributed by atoms with Gasteiger partial charge < -0.3 is 22.1 Å². The van der Waals surface area contributed by atoms with Gasteiger partial charge in [0, 0.05) is 0 Å². The minimum atomic E-state index is -0.310. The first-order chi connectivity index (χ1) is 11.2. The molecule has 24 heavy (non-hydrogen) atoms. The van der Waals surface area contributed by atoms with Crippen LogP contribution in [0.1, 0.15) is 12.5 Å². The number of nitrogens with one attached hydrogen (secondary N) is 2. The number of halogens is 1. The summed E-state index contributed by atoms with van der Waals surface area (Å²) in [6, 6.07) is 14.9. The van der Waals surface area contributed by atoms with Gasteiger partial charge in [-0.05, 0) is 48.9 Å². The van der Waals surface area contributed by atoms with E-state index in [0.717, 1.165) is 17.0 Å². The largest absolute Gasteiger partial charge is 1.00 e. The van der Waals surface area contributed by atoms with E-state index in [1.807, 2.05) is 49.4 Å². The predicted molar refractivity (Wildman–Crippen MR) is 91.2 cm³/mol. The molecule has 1 heterocycles. The van der Waals surface area contributed by atoms with E-state index in [2.05, 4.69) is 20.5 Å². The van der Waals surface area contributed by atoms with Crippen LogP contribution in [0, 0.1) is 0 Å². The van der Waals surface area contributed by atoms with E-state index in [0.29, 0.717) is 11.0 Å². The summed E-state index contributed by atoms with van der Waals surface area (Å²) >= 11 is 0. The Labute approximate surface area is 145 Å². The van der Waals surface area contributed by atoms with Crippen molar-refractivity contribution in [3.63, 3.8) is 0 Å². The normalized spacial score (nSPS) is 11.0. The van der Waals surface area contributed by atoms with Gasteiger partial charge in [-0.3, -0.25) is 10.2 Å². The fourth-order valence-corrected chi connectivity index (χ4v) is 2.14. The first-order valence-electron chi connectivity index (χ1n) is 7.11. The second kappa shape index (κ2) is 7.61. The van der Waals surface area contributed by atoms with Gasteiger partial charge in [0.05, 0.1) is 23.9 Å². The Bertz CT molecular complexity index is 920. The molecule has 0 radical (unpaired) electrons. The van der Waals surface area contributed by atoms with Crippen LogP contribution >= 0.6 is 0 Å². The third-order valence-electron chi connectivity index (χ3n) is 3.44. The molecule has 0 unspecified atom stereocenters. The number of hydrazone groups is 1. The van der Waals surface area contributed by atoms with Crippen molar-refractivity contribution < 1.29 is 17.1 Å². The lowest BCUT2D eigenvalue weighted by Gasteiger charge is -2.05. The third kappa shape index (κ3) is 3.72. The highest BCUT2D eigenvalue weighted by atomic mass is 35.5. The maximum Gasteiger partial charge on any atom is 0.293 e. The van der Waals surface area contributed by atoms with Crippen LogP contribution in [-0.4, -0.2) is 22.8 Å². The Kier molecular flexibility index (Phi) is 5.55. The van der Waals surface area contributed by atoms with Crippen LogP contribution in [0.2, 0.25) is 0 Å². The SMILES string of the molecule is COc1ccc(/C(C)=N/Nc2nc3ccccc3[nH]c2=O)cc1.[Cl-]. The Morgan fingerprint density at radius 2 is 1.88 bits per heavy atom. The van der Waals surface area contributed by atoms with E-state index >= 15 is 0 Å². The molecule has 0 fully saturated rings. The van der Waals surface area contributed by atoms with Crippen LogP contribution in [0.4, 0.5) is 5.82 Å². The molecule has 0 aliphatic rings. The Morgan fingerprint density at radius 1 is 1.17 bits per heavy atom. The number of para-hydroxylation sites is 2. The van der Waals surface area contributed by atoms with Crippen molar-refractivity contribution in [2.24, 2.45) is 5.10 Å². The molecule has 0 spiro atoms. The number of H-pyrrole nitrogens is 1. The van der Waals surface area contributed by atoms with Crippen LogP contribution < -0.4 is 28.1 Å². The molecule has 6 nitrogen and oxygen atoms in total. The summed E-state index contributed by atoms with van der Waals surface area (Å²) in [7, 11) is 1.62. The van der Waals surface area contributed by atoms with E-state index in [9.17, 15) is 4.79 Å². The number of hydrogen-bond donors (Lipinski definition) is 2. The minimum absolute atomic E-state index is 0. The number of hydrogen-bond acceptors (Lipinski definition) is 5. The Hall–Kier alpha value is -2.86. The molecule has 1 aromatic heterocycles. The summed E-state index contributed by atoms with van der Waals surface area (Å²) < 4.78 is 5.12. The number of aromatic amines is 1. The highest BCUT2D eigenvalue weighted by Gasteiger charge is 2.04. The zero-order valence-electron chi connectivity index (χ0n) is 13.2. The van der Waals surface area contributed by atoms with Crippen LogP contribution in [0.3, 0.4) is 0 Å². The van der Waals surface area contributed by atoms with Gasteiger partial charge in [0.15, 0.2) is 0 Å². The molecule has 2 N–H and O–H groups in total. The van der Waals surface area contributed by atoms with E-state index in [-0.39, 0.29) is 23.8 Å². The van der Waals surface area contributed by atoms with E-state index in [1.54, 1.807) is 13.2 Å². The molecular formula is C17H16ClN4O2-. The number of anilines is 1. The summed E-state index contributed by atoms with van der Waals surface area (Å²) in [6.45, 7) is 1.85. The summed E-state index contributed by atoms with van der Waals surface area (Å²) in [5, 5.41) is 4.23. The van der Waals surface area contributed by atoms with Crippen molar-refractivity contribution in [2.75, 3.05) is 12.5 Å². The number of fused-ring (bicyclic) bond motifs is 1. The predicted octanol–water partition coefficient (Wildman–Crippen LogP) is -0.228. The average molecular weight is 344 g/mol. The molecule has 3 rings (SSSR count). The molecule has 124 valence electrons. The van der Waals surface area contributed by atoms with Gasteiger partial charge in [-0.25, -0.2) is 4.98 Å². The van der Waals surface area contributed by atoms with Crippen LogP contribution in [-0.2, 0) is 0 Å². The topological polar surface area (TPSA) is 79.4 Å². The van der Waals surface area contributed by atoms with E-state index < -0.39 is 0 Å². The number of ether oxygens (including phenoxy) is 1.